The zero-order valence-corrected chi connectivity index (χ0v) is 16.5. The van der Waals surface area contributed by atoms with Gasteiger partial charge in [-0.15, -0.1) is 10.2 Å². The van der Waals surface area contributed by atoms with Crippen molar-refractivity contribution >= 4 is 11.7 Å². The van der Waals surface area contributed by atoms with E-state index in [0.29, 0.717) is 37.7 Å². The van der Waals surface area contributed by atoms with Crippen molar-refractivity contribution in [2.24, 2.45) is 0 Å². The van der Waals surface area contributed by atoms with Crippen molar-refractivity contribution in [3.05, 3.63) is 72.8 Å². The third-order valence-electron chi connectivity index (χ3n) is 5.27. The summed E-state index contributed by atoms with van der Waals surface area (Å²) in [5, 5.41) is 12.5. The van der Waals surface area contributed by atoms with Gasteiger partial charge in [-0.1, -0.05) is 12.1 Å². The third kappa shape index (κ3) is 3.87. The number of rotatable bonds is 4. The smallest absolute Gasteiger partial charge is 0.270 e. The van der Waals surface area contributed by atoms with E-state index < -0.39 is 0 Å². The van der Waals surface area contributed by atoms with Crippen LogP contribution in [0.1, 0.15) is 10.5 Å². The van der Waals surface area contributed by atoms with Crippen LogP contribution in [0.4, 0.5) is 10.2 Å². The number of carbonyl (C=O) groups excluding carboxylic acids is 1. The first kappa shape index (κ1) is 18.9. The average Bonchev–Trinajstić information content (AvgIpc) is 3.52. The van der Waals surface area contributed by atoms with E-state index in [1.54, 1.807) is 35.4 Å². The summed E-state index contributed by atoms with van der Waals surface area (Å²) in [7, 11) is 0. The maximum atomic E-state index is 13.1. The number of hydrogen-bond acceptors (Lipinski definition) is 6. The van der Waals surface area contributed by atoms with Gasteiger partial charge in [0.2, 0.25) is 0 Å². The van der Waals surface area contributed by atoms with E-state index in [1.807, 2.05) is 17.0 Å². The Balaban J connectivity index is 1.21. The molecule has 0 spiro atoms. The summed E-state index contributed by atoms with van der Waals surface area (Å²) in [6, 6.07) is 11.7. The first-order valence-electron chi connectivity index (χ1n) is 9.85. The lowest BCUT2D eigenvalue weighted by atomic mass is 10.1. The lowest BCUT2D eigenvalue weighted by Gasteiger charge is -2.35. The molecule has 4 heterocycles. The molecule has 31 heavy (non-hydrogen) atoms. The van der Waals surface area contributed by atoms with Crippen LogP contribution in [0.2, 0.25) is 0 Å². The highest BCUT2D eigenvalue weighted by atomic mass is 19.1. The van der Waals surface area contributed by atoms with Gasteiger partial charge in [-0.3, -0.25) is 4.79 Å². The lowest BCUT2D eigenvalue weighted by Crippen LogP contribution is -2.49. The molecule has 1 aliphatic heterocycles. The van der Waals surface area contributed by atoms with Gasteiger partial charge in [-0.25, -0.2) is 14.1 Å². The second-order valence-corrected chi connectivity index (χ2v) is 7.18. The molecule has 1 amide bonds. The molecule has 0 aliphatic carbocycles. The van der Waals surface area contributed by atoms with E-state index in [1.165, 1.54) is 18.5 Å². The standard InChI is InChI=1S/C21H19FN8O/c22-17-3-1-15(2-4-17)16-11-18(24-12-16)21(31)29-9-7-28(8-10-29)19-5-6-20(27-26-19)30-14-23-13-25-30/h1-6,11-14,24H,7-10H2. The molecule has 1 N–H and O–H groups in total. The number of aromatic nitrogens is 6. The molecule has 1 fully saturated rings. The Morgan fingerprint density at radius 3 is 2.35 bits per heavy atom. The van der Waals surface area contributed by atoms with Crippen molar-refractivity contribution in [1.82, 2.24) is 34.8 Å². The number of hydrogen-bond donors (Lipinski definition) is 1. The summed E-state index contributed by atoms with van der Waals surface area (Å²) in [5.41, 5.74) is 2.23. The van der Waals surface area contributed by atoms with Crippen molar-refractivity contribution in [2.75, 3.05) is 31.1 Å². The van der Waals surface area contributed by atoms with Crippen LogP contribution in [-0.2, 0) is 0 Å². The second kappa shape index (κ2) is 7.98. The number of aromatic amines is 1. The van der Waals surface area contributed by atoms with Crippen molar-refractivity contribution in [1.29, 1.82) is 0 Å². The topological polar surface area (TPSA) is 95.8 Å². The van der Waals surface area contributed by atoms with Crippen molar-refractivity contribution in [2.45, 2.75) is 0 Å². The first-order valence-corrected chi connectivity index (χ1v) is 9.85. The monoisotopic (exact) mass is 418 g/mol. The van der Waals surface area contributed by atoms with Crippen LogP contribution in [0.5, 0.6) is 0 Å². The van der Waals surface area contributed by atoms with Gasteiger partial charge in [0.05, 0.1) is 0 Å². The molecule has 10 heteroatoms. The summed E-state index contributed by atoms with van der Waals surface area (Å²) in [5.74, 6) is 1.01. The highest BCUT2D eigenvalue weighted by Gasteiger charge is 2.24. The van der Waals surface area contributed by atoms with E-state index in [4.69, 9.17) is 0 Å². The summed E-state index contributed by atoms with van der Waals surface area (Å²) in [6.07, 6.45) is 4.78. The molecule has 1 aromatic carbocycles. The van der Waals surface area contributed by atoms with Crippen LogP contribution >= 0.6 is 0 Å². The van der Waals surface area contributed by atoms with Gasteiger partial charge in [0.25, 0.3) is 5.91 Å². The third-order valence-corrected chi connectivity index (χ3v) is 5.27. The number of nitrogens with one attached hydrogen (secondary N) is 1. The molecule has 0 bridgehead atoms. The molecule has 156 valence electrons. The molecule has 1 aliphatic rings. The Labute approximate surface area is 177 Å². The zero-order valence-electron chi connectivity index (χ0n) is 16.5. The fourth-order valence-corrected chi connectivity index (χ4v) is 3.57. The van der Waals surface area contributed by atoms with Gasteiger partial charge >= 0.3 is 0 Å². The van der Waals surface area contributed by atoms with Crippen LogP contribution in [0.25, 0.3) is 16.9 Å². The molecule has 3 aromatic heterocycles. The number of piperazine rings is 1. The van der Waals surface area contributed by atoms with E-state index in [2.05, 4.69) is 30.2 Å². The van der Waals surface area contributed by atoms with Gasteiger partial charge in [-0.05, 0) is 41.5 Å². The molecular formula is C21H19FN8O. The molecule has 1 saturated heterocycles. The first-order chi connectivity index (χ1) is 15.2. The molecule has 0 radical (unpaired) electrons. The number of benzene rings is 1. The fraction of sp³-hybridized carbons (Fsp3) is 0.190. The summed E-state index contributed by atoms with van der Waals surface area (Å²) < 4.78 is 14.7. The minimum atomic E-state index is -0.286. The number of carbonyl (C=O) groups is 1. The Morgan fingerprint density at radius 1 is 0.935 bits per heavy atom. The van der Waals surface area contributed by atoms with Crippen LogP contribution in [0.15, 0.2) is 61.3 Å². The van der Waals surface area contributed by atoms with Crippen molar-refractivity contribution in [3.8, 4) is 16.9 Å². The normalized spacial score (nSPS) is 14.1. The predicted octanol–water partition coefficient (Wildman–Crippen LogP) is 2.15. The van der Waals surface area contributed by atoms with E-state index in [-0.39, 0.29) is 11.7 Å². The minimum Gasteiger partial charge on any atom is -0.357 e. The maximum absolute atomic E-state index is 13.1. The largest absolute Gasteiger partial charge is 0.357 e. The van der Waals surface area contributed by atoms with Crippen LogP contribution < -0.4 is 4.90 Å². The van der Waals surface area contributed by atoms with Gasteiger partial charge in [-0.2, -0.15) is 5.10 Å². The SMILES string of the molecule is O=C(c1cc(-c2ccc(F)cc2)c[nH]1)N1CCN(c2ccc(-n3cncn3)nn2)CC1. The number of halogens is 1. The van der Waals surface area contributed by atoms with Crippen LogP contribution in [-0.4, -0.2) is 66.9 Å². The molecule has 0 atom stereocenters. The van der Waals surface area contributed by atoms with Gasteiger partial charge < -0.3 is 14.8 Å². The van der Waals surface area contributed by atoms with Gasteiger partial charge in [0.1, 0.15) is 24.2 Å². The zero-order chi connectivity index (χ0) is 21.2. The molecule has 4 aromatic rings. The van der Waals surface area contributed by atoms with Gasteiger partial charge in [0, 0.05) is 32.4 Å². The highest BCUT2D eigenvalue weighted by molar-refractivity contribution is 5.94. The average molecular weight is 418 g/mol. The number of anilines is 1. The van der Waals surface area contributed by atoms with Crippen molar-refractivity contribution in [3.63, 3.8) is 0 Å². The predicted molar refractivity (Wildman–Crippen MR) is 111 cm³/mol. The number of nitrogens with zero attached hydrogens (tertiary/aromatic N) is 7. The van der Waals surface area contributed by atoms with Crippen molar-refractivity contribution < 1.29 is 9.18 Å². The summed E-state index contributed by atoms with van der Waals surface area (Å²) >= 11 is 0. The molecule has 9 nitrogen and oxygen atoms in total. The quantitative estimate of drug-likeness (QED) is 0.546. The molecule has 0 saturated carbocycles. The molecular weight excluding hydrogens is 399 g/mol. The molecule has 5 rings (SSSR count). The second-order valence-electron chi connectivity index (χ2n) is 7.18. The van der Waals surface area contributed by atoms with E-state index in [9.17, 15) is 9.18 Å². The minimum absolute atomic E-state index is 0.0550. The Bertz CT molecular complexity index is 1160. The maximum Gasteiger partial charge on any atom is 0.270 e. The fourth-order valence-electron chi connectivity index (χ4n) is 3.57. The Morgan fingerprint density at radius 2 is 1.68 bits per heavy atom. The Kier molecular flexibility index (Phi) is 4.87. The van der Waals surface area contributed by atoms with E-state index >= 15 is 0 Å². The van der Waals surface area contributed by atoms with E-state index in [0.717, 1.165) is 16.9 Å². The summed E-state index contributed by atoms with van der Waals surface area (Å²) in [6.45, 7) is 2.48. The van der Waals surface area contributed by atoms with Crippen LogP contribution in [0.3, 0.4) is 0 Å². The lowest BCUT2D eigenvalue weighted by molar-refractivity contribution is 0.0741. The molecule has 0 unspecified atom stereocenters. The summed E-state index contributed by atoms with van der Waals surface area (Å²) in [4.78, 5) is 23.7. The highest BCUT2D eigenvalue weighted by Crippen LogP contribution is 2.22. The number of amides is 1. The number of H-pyrrole nitrogens is 1. The Hall–Kier alpha value is -4.08. The van der Waals surface area contributed by atoms with Crippen LogP contribution in [0, 0.1) is 5.82 Å². The van der Waals surface area contributed by atoms with Gasteiger partial charge in [0.15, 0.2) is 11.6 Å².